The second-order valence-electron chi connectivity index (χ2n) is 11.2. The number of likely N-dealkylation sites (N-methyl/N-ethyl adjacent to an activating group) is 1. The summed E-state index contributed by atoms with van der Waals surface area (Å²) in [4.78, 5) is 48.0. The summed E-state index contributed by atoms with van der Waals surface area (Å²) in [6.07, 6.45) is 1.66. The van der Waals surface area contributed by atoms with Crippen LogP contribution in [0.15, 0.2) is 96.0 Å². The molecule has 9 nitrogen and oxygen atoms in total. The van der Waals surface area contributed by atoms with Crippen molar-refractivity contribution in [3.8, 4) is 0 Å². The number of fused-ring (bicyclic) bond motifs is 1. The zero-order chi connectivity index (χ0) is 30.6. The number of amides is 3. The number of hydrogen-bond donors (Lipinski definition) is 3. The van der Waals surface area contributed by atoms with Gasteiger partial charge in [0.25, 0.3) is 0 Å². The van der Waals surface area contributed by atoms with Crippen LogP contribution in [0.4, 0.5) is 33.2 Å². The summed E-state index contributed by atoms with van der Waals surface area (Å²) in [5.74, 6) is -0.957. The van der Waals surface area contributed by atoms with Crippen molar-refractivity contribution in [3.63, 3.8) is 0 Å². The molecule has 2 heterocycles. The lowest BCUT2D eigenvalue weighted by Gasteiger charge is -2.34. The number of rotatable bonds is 7. The number of carbonyl (C=O) groups excluding carboxylic acids is 3. The Labute approximate surface area is 256 Å². The summed E-state index contributed by atoms with van der Waals surface area (Å²) in [6, 6.07) is 27.1. The quantitative estimate of drug-likeness (QED) is 0.180. The first kappa shape index (κ1) is 28.8. The van der Waals surface area contributed by atoms with Gasteiger partial charge in [-0.25, -0.2) is 4.79 Å². The standard InChI is InChI=1S/C35H34N6O3/c1-23-5-3-7-27(19-23)37-35(44)38-28-8-4-6-24(20-28)33(42)25-9-14-30-31(34(43)39-32(30)21-25)22-36-26-10-12-29(13-11-26)41-17-15-40(2)16-18-41/h3-14,19-22,31H,15-18H2,1-2H3,(H,39,43)(H2,37,38,44). The topological polar surface area (TPSA) is 106 Å². The van der Waals surface area contributed by atoms with Crippen molar-refractivity contribution in [1.29, 1.82) is 0 Å². The average molecular weight is 587 g/mol. The summed E-state index contributed by atoms with van der Waals surface area (Å²) in [5, 5.41) is 8.47. The van der Waals surface area contributed by atoms with E-state index in [2.05, 4.69) is 49.9 Å². The molecule has 3 N–H and O–H groups in total. The van der Waals surface area contributed by atoms with E-state index in [0.717, 1.165) is 43.0 Å². The van der Waals surface area contributed by atoms with Gasteiger partial charge in [0.15, 0.2) is 5.78 Å². The molecule has 9 heteroatoms. The lowest BCUT2D eigenvalue weighted by Crippen LogP contribution is -2.44. The van der Waals surface area contributed by atoms with E-state index in [1.807, 2.05) is 43.3 Å². The molecule has 0 bridgehead atoms. The Bertz CT molecular complexity index is 1740. The predicted octanol–water partition coefficient (Wildman–Crippen LogP) is 6.06. The summed E-state index contributed by atoms with van der Waals surface area (Å²) < 4.78 is 0. The molecule has 1 unspecified atom stereocenters. The fraction of sp³-hybridized carbons (Fsp3) is 0.200. The van der Waals surface area contributed by atoms with E-state index in [-0.39, 0.29) is 11.7 Å². The van der Waals surface area contributed by atoms with Crippen molar-refractivity contribution in [1.82, 2.24) is 4.90 Å². The first-order valence-electron chi connectivity index (χ1n) is 14.6. The van der Waals surface area contributed by atoms with Gasteiger partial charge in [-0.15, -0.1) is 0 Å². The van der Waals surface area contributed by atoms with Crippen LogP contribution in [0.2, 0.25) is 0 Å². The van der Waals surface area contributed by atoms with Crippen molar-refractivity contribution in [2.45, 2.75) is 12.8 Å². The molecule has 0 radical (unpaired) electrons. The van der Waals surface area contributed by atoms with Gasteiger partial charge in [-0.3, -0.25) is 14.6 Å². The van der Waals surface area contributed by atoms with Gasteiger partial charge < -0.3 is 25.8 Å². The van der Waals surface area contributed by atoms with Gasteiger partial charge >= 0.3 is 6.03 Å². The van der Waals surface area contributed by atoms with E-state index in [1.54, 1.807) is 48.7 Å². The van der Waals surface area contributed by atoms with Gasteiger partial charge in [0.05, 0.1) is 5.69 Å². The number of aryl methyl sites for hydroxylation is 1. The highest BCUT2D eigenvalue weighted by molar-refractivity contribution is 6.15. The largest absolute Gasteiger partial charge is 0.369 e. The number of nitrogens with one attached hydrogen (secondary N) is 3. The maximum atomic E-state index is 13.4. The van der Waals surface area contributed by atoms with E-state index < -0.39 is 11.9 Å². The fourth-order valence-electron chi connectivity index (χ4n) is 5.47. The van der Waals surface area contributed by atoms with Gasteiger partial charge in [-0.05, 0) is 79.7 Å². The normalized spacial score (nSPS) is 16.5. The average Bonchev–Trinajstić information content (AvgIpc) is 3.34. The van der Waals surface area contributed by atoms with E-state index in [1.165, 1.54) is 5.69 Å². The molecule has 1 fully saturated rings. The Morgan fingerprint density at radius 3 is 2.25 bits per heavy atom. The predicted molar refractivity (Wildman–Crippen MR) is 176 cm³/mol. The number of anilines is 4. The third kappa shape index (κ3) is 6.53. The van der Waals surface area contributed by atoms with Crippen LogP contribution in [0.25, 0.3) is 0 Å². The fourth-order valence-corrected chi connectivity index (χ4v) is 5.47. The van der Waals surface area contributed by atoms with Crippen molar-refractivity contribution < 1.29 is 14.4 Å². The number of benzene rings is 4. The zero-order valence-electron chi connectivity index (χ0n) is 24.7. The van der Waals surface area contributed by atoms with Gasteiger partial charge in [-0.2, -0.15) is 0 Å². The molecule has 0 spiro atoms. The van der Waals surface area contributed by atoms with Gasteiger partial charge in [0.1, 0.15) is 5.92 Å². The molecule has 0 aliphatic carbocycles. The molecule has 2 aliphatic heterocycles. The molecule has 4 aromatic carbocycles. The first-order valence-corrected chi connectivity index (χ1v) is 14.6. The molecule has 3 amide bonds. The van der Waals surface area contributed by atoms with Crippen LogP contribution >= 0.6 is 0 Å². The van der Waals surface area contributed by atoms with Crippen molar-refractivity contribution >= 4 is 52.4 Å². The Morgan fingerprint density at radius 1 is 0.841 bits per heavy atom. The molecular weight excluding hydrogens is 552 g/mol. The second-order valence-corrected chi connectivity index (χ2v) is 11.2. The second kappa shape index (κ2) is 12.5. The summed E-state index contributed by atoms with van der Waals surface area (Å²) in [7, 11) is 2.14. The molecule has 4 aromatic rings. The summed E-state index contributed by atoms with van der Waals surface area (Å²) in [5.41, 5.74) is 6.36. The monoisotopic (exact) mass is 586 g/mol. The molecule has 44 heavy (non-hydrogen) atoms. The van der Waals surface area contributed by atoms with Crippen LogP contribution in [0.1, 0.15) is 33.0 Å². The minimum Gasteiger partial charge on any atom is -0.369 e. The lowest BCUT2D eigenvalue weighted by atomic mass is 9.97. The number of hydrogen-bond acceptors (Lipinski definition) is 6. The maximum absolute atomic E-state index is 13.4. The van der Waals surface area contributed by atoms with E-state index in [0.29, 0.717) is 28.2 Å². The molecular formula is C35H34N6O3. The molecule has 2 aliphatic rings. The summed E-state index contributed by atoms with van der Waals surface area (Å²) in [6.45, 7) is 6.03. The smallest absolute Gasteiger partial charge is 0.323 e. The highest BCUT2D eigenvalue weighted by atomic mass is 16.2. The molecule has 222 valence electrons. The van der Waals surface area contributed by atoms with Crippen molar-refractivity contribution in [3.05, 3.63) is 113 Å². The Morgan fingerprint density at radius 2 is 1.52 bits per heavy atom. The Balaban J connectivity index is 1.11. The van der Waals surface area contributed by atoms with Crippen LogP contribution in [0, 0.1) is 6.92 Å². The third-order valence-corrected chi connectivity index (χ3v) is 7.94. The minimum absolute atomic E-state index is 0.187. The van der Waals surface area contributed by atoms with Gasteiger partial charge in [-0.1, -0.05) is 36.4 Å². The van der Waals surface area contributed by atoms with Gasteiger partial charge in [0.2, 0.25) is 5.91 Å². The number of piperazine rings is 1. The number of urea groups is 1. The number of nitrogens with zero attached hydrogens (tertiary/aromatic N) is 3. The van der Waals surface area contributed by atoms with Crippen LogP contribution in [-0.2, 0) is 4.79 Å². The third-order valence-electron chi connectivity index (χ3n) is 7.94. The Kier molecular flexibility index (Phi) is 8.21. The maximum Gasteiger partial charge on any atom is 0.323 e. The first-order chi connectivity index (χ1) is 21.3. The van der Waals surface area contributed by atoms with E-state index >= 15 is 0 Å². The molecule has 0 saturated carbocycles. The van der Waals surface area contributed by atoms with Crippen LogP contribution in [-0.4, -0.2) is 62.1 Å². The molecule has 1 atom stereocenters. The minimum atomic E-state index is -0.550. The number of ketones is 1. The Hall–Kier alpha value is -5.28. The number of carbonyl (C=O) groups is 3. The molecule has 6 rings (SSSR count). The van der Waals surface area contributed by atoms with E-state index in [4.69, 9.17) is 0 Å². The number of aliphatic imine (C=N–C) groups is 1. The highest BCUT2D eigenvalue weighted by Crippen LogP contribution is 2.33. The molecule has 0 aromatic heterocycles. The van der Waals surface area contributed by atoms with Crippen LogP contribution in [0.3, 0.4) is 0 Å². The van der Waals surface area contributed by atoms with E-state index in [9.17, 15) is 14.4 Å². The highest BCUT2D eigenvalue weighted by Gasteiger charge is 2.30. The van der Waals surface area contributed by atoms with Crippen LogP contribution < -0.4 is 20.9 Å². The van der Waals surface area contributed by atoms with Gasteiger partial charge in [0, 0.05) is 66.3 Å². The summed E-state index contributed by atoms with van der Waals surface area (Å²) >= 11 is 0. The van der Waals surface area contributed by atoms with Crippen molar-refractivity contribution in [2.75, 3.05) is 54.1 Å². The van der Waals surface area contributed by atoms with Crippen molar-refractivity contribution in [2.24, 2.45) is 4.99 Å². The van der Waals surface area contributed by atoms with Crippen LogP contribution in [0.5, 0.6) is 0 Å². The molecule has 1 saturated heterocycles. The lowest BCUT2D eigenvalue weighted by molar-refractivity contribution is -0.115. The zero-order valence-corrected chi connectivity index (χ0v) is 24.7. The SMILES string of the molecule is Cc1cccc(NC(=O)Nc2cccc(C(=O)c3ccc4c(c3)NC(=O)C4C=Nc3ccc(N4CCN(C)CC4)cc3)c2)c1.